The second-order valence-electron chi connectivity index (χ2n) is 3.79. The number of aromatic nitrogens is 2. The van der Waals surface area contributed by atoms with E-state index in [1.54, 1.807) is 12.1 Å². The topological polar surface area (TPSA) is 61.0 Å². The highest BCUT2D eigenvalue weighted by atomic mass is 19.1. The van der Waals surface area contributed by atoms with Gasteiger partial charge < -0.3 is 10.5 Å². The van der Waals surface area contributed by atoms with E-state index in [1.165, 1.54) is 19.5 Å². The Balaban J connectivity index is 2.58. The molecule has 0 spiro atoms. The van der Waals surface area contributed by atoms with E-state index < -0.39 is 0 Å². The van der Waals surface area contributed by atoms with Crippen molar-refractivity contribution in [1.29, 1.82) is 0 Å². The van der Waals surface area contributed by atoms with E-state index >= 15 is 0 Å². The third kappa shape index (κ3) is 2.11. The summed E-state index contributed by atoms with van der Waals surface area (Å²) in [4.78, 5) is 8.04. The van der Waals surface area contributed by atoms with Gasteiger partial charge in [0.2, 0.25) is 0 Å². The first-order valence-corrected chi connectivity index (χ1v) is 5.60. The maximum absolute atomic E-state index is 14.0. The molecule has 2 N–H and O–H groups in total. The number of rotatable bonds is 3. The maximum atomic E-state index is 14.0. The lowest BCUT2D eigenvalue weighted by molar-refractivity contribution is 0.411. The van der Waals surface area contributed by atoms with E-state index in [4.69, 9.17) is 10.5 Å². The van der Waals surface area contributed by atoms with Crippen molar-refractivity contribution in [3.05, 3.63) is 35.9 Å². The summed E-state index contributed by atoms with van der Waals surface area (Å²) < 4.78 is 19.0. The lowest BCUT2D eigenvalue weighted by atomic mass is 10.0. The molecule has 2 rings (SSSR count). The summed E-state index contributed by atoms with van der Waals surface area (Å²) in [5.41, 5.74) is 7.47. The third-order valence-electron chi connectivity index (χ3n) is 2.76. The molecule has 0 saturated carbocycles. The first kappa shape index (κ1) is 12.3. The van der Waals surface area contributed by atoms with Crippen LogP contribution in [0.4, 0.5) is 10.2 Å². The van der Waals surface area contributed by atoms with Gasteiger partial charge in [-0.25, -0.2) is 14.4 Å². The van der Waals surface area contributed by atoms with Gasteiger partial charge in [0.1, 0.15) is 23.7 Å². The Labute approximate surface area is 105 Å². The molecule has 1 aromatic heterocycles. The highest BCUT2D eigenvalue weighted by molar-refractivity contribution is 5.68. The predicted molar refractivity (Wildman–Crippen MR) is 67.8 cm³/mol. The number of nitrogens with two attached hydrogens (primary N) is 1. The molecule has 0 aliphatic carbocycles. The summed E-state index contributed by atoms with van der Waals surface area (Å²) >= 11 is 0. The van der Waals surface area contributed by atoms with Gasteiger partial charge in [0, 0.05) is 17.2 Å². The maximum Gasteiger partial charge on any atom is 0.136 e. The van der Waals surface area contributed by atoms with Crippen LogP contribution in [0.3, 0.4) is 0 Å². The summed E-state index contributed by atoms with van der Waals surface area (Å²) in [6.45, 7) is 1.93. The first-order chi connectivity index (χ1) is 8.67. The standard InChI is InChI=1S/C13H14FN3O/c1-3-9-12(16-7-17-13(9)15)10-5-4-8(18-2)6-11(10)14/h4-7H,3H2,1-2H3,(H2,15,16,17). The van der Waals surface area contributed by atoms with Crippen molar-refractivity contribution < 1.29 is 9.13 Å². The zero-order valence-electron chi connectivity index (χ0n) is 10.3. The van der Waals surface area contributed by atoms with Crippen LogP contribution in [0.1, 0.15) is 12.5 Å². The van der Waals surface area contributed by atoms with Crippen molar-refractivity contribution in [1.82, 2.24) is 9.97 Å². The number of ether oxygens (including phenoxy) is 1. The summed E-state index contributed by atoms with van der Waals surface area (Å²) in [7, 11) is 1.49. The lowest BCUT2D eigenvalue weighted by Gasteiger charge is -2.10. The fraction of sp³-hybridized carbons (Fsp3) is 0.231. The second-order valence-corrected chi connectivity index (χ2v) is 3.79. The van der Waals surface area contributed by atoms with Gasteiger partial charge in [-0.05, 0) is 18.6 Å². The van der Waals surface area contributed by atoms with Gasteiger partial charge in [0.05, 0.1) is 12.8 Å². The number of halogens is 1. The van der Waals surface area contributed by atoms with Crippen LogP contribution in [-0.4, -0.2) is 17.1 Å². The smallest absolute Gasteiger partial charge is 0.136 e. The molecule has 1 heterocycles. The fourth-order valence-electron chi connectivity index (χ4n) is 1.82. The molecule has 2 aromatic rings. The molecule has 0 fully saturated rings. The second kappa shape index (κ2) is 5.00. The molecule has 5 heteroatoms. The Morgan fingerprint density at radius 2 is 2.11 bits per heavy atom. The minimum Gasteiger partial charge on any atom is -0.497 e. The highest BCUT2D eigenvalue weighted by Crippen LogP contribution is 2.29. The molecular weight excluding hydrogens is 233 g/mol. The Kier molecular flexibility index (Phi) is 3.41. The number of methoxy groups -OCH3 is 1. The Morgan fingerprint density at radius 1 is 1.33 bits per heavy atom. The highest BCUT2D eigenvalue weighted by Gasteiger charge is 2.14. The number of nitrogens with zero attached hydrogens (tertiary/aromatic N) is 2. The average molecular weight is 247 g/mol. The van der Waals surface area contributed by atoms with E-state index in [1.807, 2.05) is 6.92 Å². The molecule has 0 bridgehead atoms. The van der Waals surface area contributed by atoms with Gasteiger partial charge in [0.25, 0.3) is 0 Å². The molecule has 94 valence electrons. The zero-order valence-corrected chi connectivity index (χ0v) is 10.3. The molecule has 0 radical (unpaired) electrons. The van der Waals surface area contributed by atoms with Crippen LogP contribution >= 0.6 is 0 Å². The minimum absolute atomic E-state index is 0.387. The van der Waals surface area contributed by atoms with Gasteiger partial charge in [0.15, 0.2) is 0 Å². The first-order valence-electron chi connectivity index (χ1n) is 5.60. The molecule has 4 nitrogen and oxygen atoms in total. The summed E-state index contributed by atoms with van der Waals surface area (Å²) in [6, 6.07) is 4.65. The molecule has 0 saturated heterocycles. The molecule has 18 heavy (non-hydrogen) atoms. The van der Waals surface area contributed by atoms with Crippen molar-refractivity contribution in [3.63, 3.8) is 0 Å². The molecular formula is C13H14FN3O. The number of benzene rings is 1. The molecule has 0 amide bonds. The van der Waals surface area contributed by atoms with Crippen molar-refractivity contribution in [3.8, 4) is 17.0 Å². The summed E-state index contributed by atoms with van der Waals surface area (Å²) in [5.74, 6) is 0.469. The van der Waals surface area contributed by atoms with E-state index in [2.05, 4.69) is 9.97 Å². The Bertz CT molecular complexity index is 572. The number of hydrogen-bond acceptors (Lipinski definition) is 4. The zero-order chi connectivity index (χ0) is 13.1. The van der Waals surface area contributed by atoms with Gasteiger partial charge in [-0.1, -0.05) is 6.92 Å². The quantitative estimate of drug-likeness (QED) is 0.904. The molecule has 0 aliphatic heterocycles. The fourth-order valence-corrected chi connectivity index (χ4v) is 1.82. The van der Waals surface area contributed by atoms with Crippen molar-refractivity contribution in [2.75, 3.05) is 12.8 Å². The van der Waals surface area contributed by atoms with Crippen molar-refractivity contribution in [2.45, 2.75) is 13.3 Å². The van der Waals surface area contributed by atoms with Crippen molar-refractivity contribution in [2.24, 2.45) is 0 Å². The van der Waals surface area contributed by atoms with E-state index in [0.717, 1.165) is 5.56 Å². The molecule has 0 atom stereocenters. The van der Waals surface area contributed by atoms with Crippen LogP contribution in [-0.2, 0) is 6.42 Å². The van der Waals surface area contributed by atoms with Crippen LogP contribution in [0.2, 0.25) is 0 Å². The molecule has 0 aliphatic rings. The van der Waals surface area contributed by atoms with E-state index in [-0.39, 0.29) is 5.82 Å². The van der Waals surface area contributed by atoms with Gasteiger partial charge in [-0.3, -0.25) is 0 Å². The SMILES string of the molecule is CCc1c(N)ncnc1-c1ccc(OC)cc1F. The van der Waals surface area contributed by atoms with E-state index in [9.17, 15) is 4.39 Å². The third-order valence-corrected chi connectivity index (χ3v) is 2.76. The van der Waals surface area contributed by atoms with Crippen molar-refractivity contribution >= 4 is 5.82 Å². The summed E-state index contributed by atoms with van der Waals surface area (Å²) in [6.07, 6.45) is 1.99. The van der Waals surface area contributed by atoms with Gasteiger partial charge in [-0.2, -0.15) is 0 Å². The van der Waals surface area contributed by atoms with Crippen LogP contribution in [0.15, 0.2) is 24.5 Å². The van der Waals surface area contributed by atoms with Crippen LogP contribution in [0, 0.1) is 5.82 Å². The van der Waals surface area contributed by atoms with Gasteiger partial charge >= 0.3 is 0 Å². The van der Waals surface area contributed by atoms with E-state index in [0.29, 0.717) is 29.2 Å². The largest absolute Gasteiger partial charge is 0.497 e. The van der Waals surface area contributed by atoms with Crippen LogP contribution in [0.25, 0.3) is 11.3 Å². The predicted octanol–water partition coefficient (Wildman–Crippen LogP) is 2.44. The Morgan fingerprint density at radius 3 is 2.72 bits per heavy atom. The normalized spacial score (nSPS) is 10.4. The number of anilines is 1. The summed E-state index contributed by atoms with van der Waals surface area (Å²) in [5, 5.41) is 0. The molecule has 1 aromatic carbocycles. The lowest BCUT2D eigenvalue weighted by Crippen LogP contribution is -2.02. The number of nitrogen functional groups attached to an aromatic ring is 1. The molecule has 0 unspecified atom stereocenters. The Hall–Kier alpha value is -2.17. The number of hydrogen-bond donors (Lipinski definition) is 1. The van der Waals surface area contributed by atoms with Crippen LogP contribution < -0.4 is 10.5 Å². The van der Waals surface area contributed by atoms with Crippen LogP contribution in [0.5, 0.6) is 5.75 Å². The average Bonchev–Trinajstić information content (AvgIpc) is 2.38. The monoisotopic (exact) mass is 247 g/mol. The van der Waals surface area contributed by atoms with Gasteiger partial charge in [-0.15, -0.1) is 0 Å². The minimum atomic E-state index is -0.387.